The first-order valence-electron chi connectivity index (χ1n) is 5.42. The molecule has 0 unspecified atom stereocenters. The van der Waals surface area contributed by atoms with Gasteiger partial charge in [-0.25, -0.2) is 13.2 Å². The lowest BCUT2D eigenvalue weighted by atomic mass is 9.82. The number of aliphatic hydroxyl groups is 1. The molecule has 99 valence electrons. The fraction of sp³-hybridized carbons (Fsp3) is 0.500. The number of hydrogen-bond donors (Lipinski definition) is 1. The molecule has 0 atom stereocenters. The first-order valence-corrected chi connectivity index (χ1v) is 5.42. The van der Waals surface area contributed by atoms with Crippen molar-refractivity contribution < 1.29 is 22.9 Å². The second-order valence-electron chi connectivity index (χ2n) is 5.10. The molecule has 0 aliphatic heterocycles. The van der Waals surface area contributed by atoms with Crippen molar-refractivity contribution >= 4 is 12.9 Å². The topological polar surface area (TPSA) is 29.5 Å². The maximum atomic E-state index is 13.0. The summed E-state index contributed by atoms with van der Waals surface area (Å²) >= 11 is 0. The van der Waals surface area contributed by atoms with Crippen molar-refractivity contribution in [3.8, 4) is 0 Å². The molecule has 0 fully saturated rings. The van der Waals surface area contributed by atoms with Crippen LogP contribution >= 0.6 is 0 Å². The number of benzene rings is 1. The lowest BCUT2D eigenvalue weighted by molar-refractivity contribution is -0.0893. The van der Waals surface area contributed by atoms with Crippen LogP contribution in [-0.2, 0) is 4.65 Å². The van der Waals surface area contributed by atoms with E-state index in [2.05, 4.69) is 0 Å². The van der Waals surface area contributed by atoms with Crippen molar-refractivity contribution in [1.82, 2.24) is 0 Å². The molecule has 0 saturated heterocycles. The highest BCUT2D eigenvalue weighted by atomic mass is 19.2. The van der Waals surface area contributed by atoms with Gasteiger partial charge in [0.2, 0.25) is 0 Å². The molecule has 0 aliphatic rings. The van der Waals surface area contributed by atoms with Crippen LogP contribution in [0.4, 0.5) is 13.2 Å². The molecular weight excluding hydrogens is 244 g/mol. The van der Waals surface area contributed by atoms with E-state index in [1.165, 1.54) is 0 Å². The van der Waals surface area contributed by atoms with E-state index in [-0.39, 0.29) is 5.46 Å². The van der Waals surface area contributed by atoms with Crippen molar-refractivity contribution in [2.45, 2.75) is 38.9 Å². The van der Waals surface area contributed by atoms with Crippen LogP contribution in [0.3, 0.4) is 0 Å². The Balaban J connectivity index is 2.82. The number of hydrogen-bond acceptors (Lipinski definition) is 2. The Labute approximate surface area is 105 Å². The SMILES string of the molecule is CC(C)(O)C(C)(C)O[B]c1cc(F)c(F)c(F)c1. The normalized spacial score (nSPS) is 12.7. The van der Waals surface area contributed by atoms with E-state index >= 15 is 0 Å². The standard InChI is InChI=1S/C12H15BF3O2/c1-11(2,17)12(3,4)18-13-7-5-8(14)10(16)9(15)6-7/h5-6,17H,1-4H3. The summed E-state index contributed by atoms with van der Waals surface area (Å²) in [5.74, 6) is -4.09. The van der Waals surface area contributed by atoms with E-state index in [4.69, 9.17) is 4.65 Å². The van der Waals surface area contributed by atoms with Crippen LogP contribution in [0.1, 0.15) is 27.7 Å². The van der Waals surface area contributed by atoms with E-state index in [0.29, 0.717) is 0 Å². The van der Waals surface area contributed by atoms with Crippen molar-refractivity contribution in [2.75, 3.05) is 0 Å². The quantitative estimate of drug-likeness (QED) is 0.661. The predicted molar refractivity (Wildman–Crippen MR) is 63.2 cm³/mol. The molecule has 0 amide bonds. The van der Waals surface area contributed by atoms with Crippen LogP contribution in [-0.4, -0.2) is 23.8 Å². The molecule has 2 nitrogen and oxygen atoms in total. The van der Waals surface area contributed by atoms with Crippen LogP contribution < -0.4 is 5.46 Å². The van der Waals surface area contributed by atoms with Crippen LogP contribution in [0.5, 0.6) is 0 Å². The average Bonchev–Trinajstić information content (AvgIpc) is 2.21. The molecule has 0 heterocycles. The summed E-state index contributed by atoms with van der Waals surface area (Å²) in [7, 11) is 1.09. The molecular formula is C12H15BF3O2. The summed E-state index contributed by atoms with van der Waals surface area (Å²) in [5, 5.41) is 9.82. The maximum Gasteiger partial charge on any atom is 0.331 e. The molecule has 1 N–H and O–H groups in total. The van der Waals surface area contributed by atoms with Crippen LogP contribution in [0.25, 0.3) is 0 Å². The Morgan fingerprint density at radius 1 is 1.06 bits per heavy atom. The van der Waals surface area contributed by atoms with E-state index in [0.717, 1.165) is 19.6 Å². The van der Waals surface area contributed by atoms with E-state index < -0.39 is 28.7 Å². The lowest BCUT2D eigenvalue weighted by Gasteiger charge is -2.37. The monoisotopic (exact) mass is 259 g/mol. The summed E-state index contributed by atoms with van der Waals surface area (Å²) in [6.07, 6.45) is 0. The molecule has 0 aliphatic carbocycles. The molecule has 18 heavy (non-hydrogen) atoms. The highest BCUT2D eigenvalue weighted by molar-refractivity contribution is 6.47. The van der Waals surface area contributed by atoms with Gasteiger partial charge < -0.3 is 9.76 Å². The summed E-state index contributed by atoms with van der Waals surface area (Å²) in [4.78, 5) is 0. The minimum atomic E-state index is -1.52. The van der Waals surface area contributed by atoms with Crippen molar-refractivity contribution in [2.24, 2.45) is 0 Å². The van der Waals surface area contributed by atoms with Gasteiger partial charge in [0.15, 0.2) is 17.5 Å². The van der Waals surface area contributed by atoms with E-state index in [9.17, 15) is 18.3 Å². The second-order valence-corrected chi connectivity index (χ2v) is 5.10. The van der Waals surface area contributed by atoms with E-state index in [1.807, 2.05) is 0 Å². The third kappa shape index (κ3) is 3.26. The van der Waals surface area contributed by atoms with E-state index in [1.54, 1.807) is 27.7 Å². The van der Waals surface area contributed by atoms with Gasteiger partial charge in [0.05, 0.1) is 11.2 Å². The first kappa shape index (κ1) is 15.1. The third-order valence-corrected chi connectivity index (χ3v) is 2.97. The smallest absolute Gasteiger partial charge is 0.331 e. The highest BCUT2D eigenvalue weighted by Gasteiger charge is 2.35. The predicted octanol–water partition coefficient (Wildman–Crippen LogP) is 1.91. The number of rotatable bonds is 4. The maximum absolute atomic E-state index is 13.0. The third-order valence-electron chi connectivity index (χ3n) is 2.97. The average molecular weight is 259 g/mol. The van der Waals surface area contributed by atoms with Gasteiger partial charge in [-0.2, -0.15) is 0 Å². The Morgan fingerprint density at radius 3 is 1.89 bits per heavy atom. The van der Waals surface area contributed by atoms with Crippen LogP contribution in [0, 0.1) is 17.5 Å². The molecule has 1 aromatic carbocycles. The minimum Gasteiger partial charge on any atom is -0.427 e. The summed E-state index contributed by atoms with van der Waals surface area (Å²) in [6, 6.07) is 1.64. The lowest BCUT2D eigenvalue weighted by Crippen LogP contribution is -2.49. The van der Waals surface area contributed by atoms with Crippen molar-refractivity contribution in [3.05, 3.63) is 29.6 Å². The van der Waals surface area contributed by atoms with Crippen molar-refractivity contribution in [1.29, 1.82) is 0 Å². The molecule has 1 aromatic rings. The summed E-state index contributed by atoms with van der Waals surface area (Å²) in [6.45, 7) is 6.35. The summed E-state index contributed by atoms with van der Waals surface area (Å²) < 4.78 is 43.9. The zero-order valence-corrected chi connectivity index (χ0v) is 10.7. The Kier molecular flexibility index (Phi) is 4.13. The molecule has 1 rings (SSSR count). The molecule has 1 radical (unpaired) electrons. The first-order chi connectivity index (χ1) is 8.04. The molecule has 0 bridgehead atoms. The van der Waals surface area contributed by atoms with Gasteiger partial charge in [0, 0.05) is 0 Å². The van der Waals surface area contributed by atoms with Gasteiger partial charge in [-0.3, -0.25) is 0 Å². The second kappa shape index (κ2) is 4.94. The largest absolute Gasteiger partial charge is 0.427 e. The Morgan fingerprint density at radius 2 is 1.50 bits per heavy atom. The van der Waals surface area contributed by atoms with Gasteiger partial charge in [0.1, 0.15) is 0 Å². The van der Waals surface area contributed by atoms with Crippen molar-refractivity contribution in [3.63, 3.8) is 0 Å². The van der Waals surface area contributed by atoms with Gasteiger partial charge in [-0.05, 0) is 45.3 Å². The Bertz CT molecular complexity index is 418. The molecule has 6 heteroatoms. The molecule has 0 saturated carbocycles. The highest BCUT2D eigenvalue weighted by Crippen LogP contribution is 2.24. The minimum absolute atomic E-state index is 0.0451. The van der Waals surface area contributed by atoms with Gasteiger partial charge in [0.25, 0.3) is 0 Å². The van der Waals surface area contributed by atoms with Crippen LogP contribution in [0.2, 0.25) is 0 Å². The fourth-order valence-corrected chi connectivity index (χ4v) is 1.00. The zero-order valence-electron chi connectivity index (χ0n) is 10.7. The molecule has 0 spiro atoms. The van der Waals surface area contributed by atoms with Crippen LogP contribution in [0.15, 0.2) is 12.1 Å². The van der Waals surface area contributed by atoms with Gasteiger partial charge >= 0.3 is 7.48 Å². The summed E-state index contributed by atoms with van der Waals surface area (Å²) in [5.41, 5.74) is -2.07. The van der Waals surface area contributed by atoms with Gasteiger partial charge in [-0.1, -0.05) is 0 Å². The van der Waals surface area contributed by atoms with Gasteiger partial charge in [-0.15, -0.1) is 0 Å². The fourth-order valence-electron chi connectivity index (χ4n) is 1.00. The Hall–Kier alpha value is -1.01. The number of halogens is 3. The zero-order chi connectivity index (χ0) is 14.1. The molecule has 0 aromatic heterocycles.